The summed E-state index contributed by atoms with van der Waals surface area (Å²) >= 11 is 0. The van der Waals surface area contributed by atoms with E-state index in [-0.39, 0.29) is 0 Å². The molecular weight excluding hydrogens is 236 g/mol. The predicted molar refractivity (Wildman–Crippen MR) is 70.0 cm³/mol. The van der Waals surface area contributed by atoms with E-state index in [9.17, 15) is 0 Å². The van der Waals surface area contributed by atoms with Crippen molar-refractivity contribution in [2.75, 3.05) is 26.4 Å². The van der Waals surface area contributed by atoms with Crippen LogP contribution in [0.3, 0.4) is 0 Å². The normalized spacial score (nSPS) is 15.3. The van der Waals surface area contributed by atoms with Crippen LogP contribution in [0.4, 0.5) is 0 Å². The quantitative estimate of drug-likeness (QED) is 0.526. The third-order valence-electron chi connectivity index (χ3n) is 2.40. The highest BCUT2D eigenvalue weighted by Crippen LogP contribution is 2.10. The van der Waals surface area contributed by atoms with Gasteiger partial charge in [-0.15, -0.1) is 0 Å². The molecule has 0 radical (unpaired) electrons. The minimum absolute atomic E-state index is 0.506. The Bertz CT molecular complexity index is 163. The van der Waals surface area contributed by atoms with Crippen molar-refractivity contribution in [1.82, 2.24) is 0 Å². The van der Waals surface area contributed by atoms with Gasteiger partial charge < -0.3 is 30.4 Å². The summed E-state index contributed by atoms with van der Waals surface area (Å²) in [6.45, 7) is 9.58. The monoisotopic (exact) mass is 264 g/mol. The lowest BCUT2D eigenvalue weighted by Gasteiger charge is -2.32. The zero-order valence-corrected chi connectivity index (χ0v) is 11.9. The van der Waals surface area contributed by atoms with Crippen molar-refractivity contribution in [1.29, 1.82) is 0 Å². The molecule has 0 aromatic rings. The van der Waals surface area contributed by atoms with E-state index >= 15 is 0 Å². The third-order valence-corrected chi connectivity index (χ3v) is 2.40. The van der Waals surface area contributed by atoms with Gasteiger partial charge in [0.15, 0.2) is 12.6 Å². The maximum Gasteiger partial charge on any atom is 0.174 e. The number of hydrogen-bond acceptors (Lipinski definition) is 6. The summed E-state index contributed by atoms with van der Waals surface area (Å²) in [6, 6.07) is -1.01. The second kappa shape index (κ2) is 10.7. The molecule has 0 saturated carbocycles. The Morgan fingerprint density at radius 3 is 1.00 bits per heavy atom. The summed E-state index contributed by atoms with van der Waals surface area (Å²) in [6.07, 6.45) is -1.09. The van der Waals surface area contributed by atoms with E-state index in [2.05, 4.69) is 0 Å². The first-order valence-electron chi connectivity index (χ1n) is 6.59. The molecule has 0 aliphatic carbocycles. The fraction of sp³-hybridized carbons (Fsp3) is 1.00. The Hall–Kier alpha value is -0.240. The smallest absolute Gasteiger partial charge is 0.174 e. The van der Waals surface area contributed by atoms with E-state index in [4.69, 9.17) is 30.4 Å². The van der Waals surface area contributed by atoms with Gasteiger partial charge in [0.25, 0.3) is 0 Å². The minimum atomic E-state index is -0.543. The van der Waals surface area contributed by atoms with Crippen LogP contribution in [0, 0.1) is 0 Å². The molecule has 0 amide bonds. The molecule has 0 aliphatic rings. The van der Waals surface area contributed by atoms with Crippen LogP contribution >= 0.6 is 0 Å². The Morgan fingerprint density at radius 2 is 0.833 bits per heavy atom. The first-order valence-corrected chi connectivity index (χ1v) is 6.59. The Kier molecular flexibility index (Phi) is 10.5. The van der Waals surface area contributed by atoms with Gasteiger partial charge in [-0.25, -0.2) is 0 Å². The predicted octanol–water partition coefficient (Wildman–Crippen LogP) is 0.439. The van der Waals surface area contributed by atoms with Crippen molar-refractivity contribution in [2.45, 2.75) is 52.4 Å². The highest BCUT2D eigenvalue weighted by atomic mass is 16.7. The van der Waals surface area contributed by atoms with E-state index in [0.29, 0.717) is 26.4 Å². The second-order valence-electron chi connectivity index (χ2n) is 3.71. The fourth-order valence-electron chi connectivity index (χ4n) is 1.56. The molecule has 0 aliphatic heterocycles. The van der Waals surface area contributed by atoms with Crippen molar-refractivity contribution in [2.24, 2.45) is 11.5 Å². The van der Waals surface area contributed by atoms with Gasteiger partial charge in [-0.3, -0.25) is 0 Å². The van der Waals surface area contributed by atoms with E-state index in [1.165, 1.54) is 0 Å². The second-order valence-corrected chi connectivity index (χ2v) is 3.71. The molecule has 2 unspecified atom stereocenters. The van der Waals surface area contributed by atoms with Gasteiger partial charge in [0.05, 0.1) is 12.1 Å². The van der Waals surface area contributed by atoms with E-state index in [0.717, 1.165) is 0 Å². The van der Waals surface area contributed by atoms with Crippen LogP contribution in [0.2, 0.25) is 0 Å². The van der Waals surface area contributed by atoms with Crippen molar-refractivity contribution in [3.8, 4) is 0 Å². The molecule has 0 aromatic heterocycles. The third kappa shape index (κ3) is 6.08. The van der Waals surface area contributed by atoms with Crippen molar-refractivity contribution in [3.63, 3.8) is 0 Å². The Labute approximate surface area is 110 Å². The first kappa shape index (κ1) is 17.8. The van der Waals surface area contributed by atoms with Crippen LogP contribution in [0.1, 0.15) is 27.7 Å². The van der Waals surface area contributed by atoms with Gasteiger partial charge in [0, 0.05) is 26.4 Å². The minimum Gasteiger partial charge on any atom is -0.351 e. The summed E-state index contributed by atoms with van der Waals surface area (Å²) in [4.78, 5) is 0. The van der Waals surface area contributed by atoms with Gasteiger partial charge in [-0.05, 0) is 27.7 Å². The molecular formula is C12H28N2O4. The van der Waals surface area contributed by atoms with Crippen molar-refractivity contribution < 1.29 is 18.9 Å². The van der Waals surface area contributed by atoms with E-state index in [1.807, 2.05) is 27.7 Å². The van der Waals surface area contributed by atoms with Crippen LogP contribution in [-0.2, 0) is 18.9 Å². The van der Waals surface area contributed by atoms with Gasteiger partial charge >= 0.3 is 0 Å². The molecule has 0 heterocycles. The molecule has 110 valence electrons. The van der Waals surface area contributed by atoms with Gasteiger partial charge in [0.1, 0.15) is 0 Å². The fourth-order valence-corrected chi connectivity index (χ4v) is 1.56. The number of nitrogens with two attached hydrogens (primary N) is 2. The molecule has 18 heavy (non-hydrogen) atoms. The lowest BCUT2D eigenvalue weighted by Crippen LogP contribution is -2.57. The highest BCUT2D eigenvalue weighted by molar-refractivity contribution is 4.82. The molecule has 0 spiro atoms. The van der Waals surface area contributed by atoms with Crippen molar-refractivity contribution in [3.05, 3.63) is 0 Å². The van der Waals surface area contributed by atoms with Crippen LogP contribution in [0.5, 0.6) is 0 Å². The number of rotatable bonds is 11. The molecule has 4 N–H and O–H groups in total. The summed E-state index contributed by atoms with van der Waals surface area (Å²) in [5.74, 6) is 0. The number of hydrogen-bond donors (Lipinski definition) is 2. The molecule has 0 aromatic carbocycles. The van der Waals surface area contributed by atoms with Gasteiger partial charge in [0.2, 0.25) is 0 Å². The van der Waals surface area contributed by atoms with Crippen LogP contribution in [0.25, 0.3) is 0 Å². The molecule has 0 saturated heterocycles. The molecule has 0 fully saturated rings. The van der Waals surface area contributed by atoms with Gasteiger partial charge in [-0.2, -0.15) is 0 Å². The molecule has 0 bridgehead atoms. The molecule has 0 rings (SSSR count). The van der Waals surface area contributed by atoms with Crippen LogP contribution in [-0.4, -0.2) is 51.1 Å². The van der Waals surface area contributed by atoms with E-state index < -0.39 is 24.7 Å². The zero-order valence-electron chi connectivity index (χ0n) is 11.9. The summed E-state index contributed by atoms with van der Waals surface area (Å²) in [5, 5.41) is 0. The SMILES string of the molecule is CCOC(OCC)C(N)C(N)C(OCC)OCC. The maximum absolute atomic E-state index is 6.06. The van der Waals surface area contributed by atoms with E-state index in [1.54, 1.807) is 0 Å². The highest BCUT2D eigenvalue weighted by Gasteiger charge is 2.31. The molecule has 6 nitrogen and oxygen atoms in total. The molecule has 6 heteroatoms. The average molecular weight is 264 g/mol. The lowest BCUT2D eigenvalue weighted by atomic mass is 10.1. The summed E-state index contributed by atoms with van der Waals surface area (Å²) in [7, 11) is 0. The summed E-state index contributed by atoms with van der Waals surface area (Å²) in [5.41, 5.74) is 12.1. The summed E-state index contributed by atoms with van der Waals surface area (Å²) < 4.78 is 21.7. The number of ether oxygens (including phenoxy) is 4. The largest absolute Gasteiger partial charge is 0.351 e. The van der Waals surface area contributed by atoms with Crippen LogP contribution in [0.15, 0.2) is 0 Å². The first-order chi connectivity index (χ1) is 8.62. The topological polar surface area (TPSA) is 89.0 Å². The maximum atomic E-state index is 6.06. The van der Waals surface area contributed by atoms with Gasteiger partial charge in [-0.1, -0.05) is 0 Å². The standard InChI is InChI=1S/C12H28N2O4/c1-5-15-11(16-6-2)9(13)10(14)12(17-7-3)18-8-4/h9-12H,5-8,13-14H2,1-4H3. The molecule has 2 atom stereocenters. The van der Waals surface area contributed by atoms with Crippen molar-refractivity contribution >= 4 is 0 Å². The lowest BCUT2D eigenvalue weighted by molar-refractivity contribution is -0.188. The Morgan fingerprint density at radius 1 is 0.611 bits per heavy atom. The Balaban J connectivity index is 4.51. The van der Waals surface area contributed by atoms with Crippen LogP contribution < -0.4 is 11.5 Å². The zero-order chi connectivity index (χ0) is 14.0. The average Bonchev–Trinajstić information content (AvgIpc) is 2.36.